The van der Waals surface area contributed by atoms with Crippen molar-refractivity contribution in [1.82, 2.24) is 0 Å². The average molecular weight is 369 g/mol. The largest absolute Gasteiger partial charge is 0.311 e. The summed E-state index contributed by atoms with van der Waals surface area (Å²) in [5.74, 6) is -0.287. The Morgan fingerprint density at radius 2 is 2.00 bits per heavy atom. The number of nitriles is 1. The van der Waals surface area contributed by atoms with Gasteiger partial charge in [-0.25, -0.2) is 8.42 Å². The lowest BCUT2D eigenvalue weighted by molar-refractivity contribution is -0.117. The highest BCUT2D eigenvalue weighted by Gasteiger charge is 2.27. The van der Waals surface area contributed by atoms with Crippen molar-refractivity contribution in [3.63, 3.8) is 0 Å². The van der Waals surface area contributed by atoms with Crippen molar-refractivity contribution in [1.29, 1.82) is 5.26 Å². The number of hydrogen-bond donors (Lipinski definition) is 0. The number of benzene rings is 2. The second kappa shape index (κ2) is 7.18. The number of sulfonamides is 1. The standard InChI is InChI=1S/C19H19N3O3S/c1-26(24,25)22(17-9-4-6-15(12-17)13-20)14-19(23)21-11-5-8-16-7-2-3-10-18(16)21/h2-4,6-7,9-10,12H,5,8,11,14H2,1H3. The maximum Gasteiger partial charge on any atom is 0.247 e. The predicted octanol–water partition coefficient (Wildman–Crippen LogP) is 2.30. The number of carbonyl (C=O) groups is 1. The molecule has 0 saturated heterocycles. The fraction of sp³-hybridized carbons (Fsp3) is 0.263. The summed E-state index contributed by atoms with van der Waals surface area (Å²) in [7, 11) is -3.68. The normalized spacial score (nSPS) is 13.6. The molecule has 0 radical (unpaired) electrons. The smallest absolute Gasteiger partial charge is 0.247 e. The van der Waals surface area contributed by atoms with E-state index in [0.29, 0.717) is 17.8 Å². The first-order chi connectivity index (χ1) is 12.4. The molecule has 0 spiro atoms. The molecule has 2 aromatic carbocycles. The van der Waals surface area contributed by atoms with E-state index in [1.807, 2.05) is 30.3 Å². The van der Waals surface area contributed by atoms with Gasteiger partial charge >= 0.3 is 0 Å². The summed E-state index contributed by atoms with van der Waals surface area (Å²) in [5, 5.41) is 9.05. The summed E-state index contributed by atoms with van der Waals surface area (Å²) < 4.78 is 25.6. The summed E-state index contributed by atoms with van der Waals surface area (Å²) in [4.78, 5) is 14.5. The SMILES string of the molecule is CS(=O)(=O)N(CC(=O)N1CCCc2ccccc21)c1cccc(C#N)c1. The molecule has 0 aliphatic carbocycles. The molecule has 3 rings (SSSR count). The van der Waals surface area contributed by atoms with Crippen molar-refractivity contribution in [2.75, 3.05) is 28.6 Å². The van der Waals surface area contributed by atoms with E-state index in [2.05, 4.69) is 0 Å². The van der Waals surface area contributed by atoms with E-state index in [-0.39, 0.29) is 12.5 Å². The van der Waals surface area contributed by atoms with Crippen LogP contribution in [-0.4, -0.2) is 33.7 Å². The van der Waals surface area contributed by atoms with Crippen LogP contribution < -0.4 is 9.21 Å². The quantitative estimate of drug-likeness (QED) is 0.828. The number of rotatable bonds is 4. The molecule has 0 N–H and O–H groups in total. The Kier molecular flexibility index (Phi) is 4.96. The van der Waals surface area contributed by atoms with Gasteiger partial charge in [-0.15, -0.1) is 0 Å². The number of aryl methyl sites for hydroxylation is 1. The lowest BCUT2D eigenvalue weighted by Crippen LogP contribution is -2.44. The fourth-order valence-electron chi connectivity index (χ4n) is 3.13. The molecule has 0 atom stereocenters. The van der Waals surface area contributed by atoms with Gasteiger partial charge in [0.05, 0.1) is 23.6 Å². The zero-order valence-corrected chi connectivity index (χ0v) is 15.2. The number of hydrogen-bond acceptors (Lipinski definition) is 4. The first kappa shape index (κ1) is 18.0. The molecule has 26 heavy (non-hydrogen) atoms. The number of amides is 1. The molecule has 2 aromatic rings. The van der Waals surface area contributed by atoms with Crippen LogP contribution in [-0.2, 0) is 21.2 Å². The van der Waals surface area contributed by atoms with E-state index in [1.165, 1.54) is 6.07 Å². The van der Waals surface area contributed by atoms with Crippen LogP contribution in [0.1, 0.15) is 17.5 Å². The van der Waals surface area contributed by atoms with Crippen LogP contribution in [0.3, 0.4) is 0 Å². The van der Waals surface area contributed by atoms with Crippen molar-refractivity contribution in [3.05, 3.63) is 59.7 Å². The van der Waals surface area contributed by atoms with Crippen LogP contribution in [0.4, 0.5) is 11.4 Å². The Hall–Kier alpha value is -2.85. The molecule has 1 aliphatic heterocycles. The van der Waals surface area contributed by atoms with Gasteiger partial charge < -0.3 is 4.90 Å². The highest BCUT2D eigenvalue weighted by atomic mass is 32.2. The Morgan fingerprint density at radius 1 is 1.23 bits per heavy atom. The lowest BCUT2D eigenvalue weighted by atomic mass is 10.0. The molecular weight excluding hydrogens is 350 g/mol. The second-order valence-electron chi connectivity index (χ2n) is 6.21. The zero-order chi connectivity index (χ0) is 18.7. The molecule has 0 fully saturated rings. The van der Waals surface area contributed by atoms with Crippen molar-refractivity contribution < 1.29 is 13.2 Å². The van der Waals surface area contributed by atoms with Crippen LogP contribution in [0.5, 0.6) is 0 Å². The molecule has 1 aliphatic rings. The molecular formula is C19H19N3O3S. The maximum absolute atomic E-state index is 12.9. The molecule has 1 amide bonds. The van der Waals surface area contributed by atoms with Crippen molar-refractivity contribution in [2.24, 2.45) is 0 Å². The van der Waals surface area contributed by atoms with Gasteiger partial charge in [0.2, 0.25) is 15.9 Å². The van der Waals surface area contributed by atoms with Gasteiger partial charge in [0.1, 0.15) is 6.54 Å². The van der Waals surface area contributed by atoms with Crippen LogP contribution in [0.2, 0.25) is 0 Å². The molecule has 0 saturated carbocycles. The topological polar surface area (TPSA) is 81.5 Å². The summed E-state index contributed by atoms with van der Waals surface area (Å²) in [6, 6.07) is 15.9. The molecule has 7 heteroatoms. The summed E-state index contributed by atoms with van der Waals surface area (Å²) in [5.41, 5.74) is 2.57. The van der Waals surface area contributed by atoms with Gasteiger partial charge in [-0.05, 0) is 42.7 Å². The second-order valence-corrected chi connectivity index (χ2v) is 8.12. The van der Waals surface area contributed by atoms with Crippen LogP contribution in [0, 0.1) is 11.3 Å². The van der Waals surface area contributed by atoms with Gasteiger partial charge in [0.15, 0.2) is 0 Å². The maximum atomic E-state index is 12.9. The molecule has 134 valence electrons. The van der Waals surface area contributed by atoms with E-state index in [4.69, 9.17) is 5.26 Å². The third-order valence-electron chi connectivity index (χ3n) is 4.35. The minimum absolute atomic E-state index is 0.287. The number of nitrogens with zero attached hydrogens (tertiary/aromatic N) is 3. The molecule has 1 heterocycles. The monoisotopic (exact) mass is 369 g/mol. The molecule has 0 unspecified atom stereocenters. The van der Waals surface area contributed by atoms with Crippen molar-refractivity contribution >= 4 is 27.3 Å². The van der Waals surface area contributed by atoms with E-state index in [0.717, 1.165) is 34.7 Å². The van der Waals surface area contributed by atoms with Gasteiger partial charge in [0.25, 0.3) is 0 Å². The van der Waals surface area contributed by atoms with E-state index >= 15 is 0 Å². The predicted molar refractivity (Wildman–Crippen MR) is 100 cm³/mol. The highest BCUT2D eigenvalue weighted by molar-refractivity contribution is 7.92. The summed E-state index contributed by atoms with van der Waals surface area (Å²) in [6.45, 7) is 0.258. The first-order valence-electron chi connectivity index (χ1n) is 8.26. The fourth-order valence-corrected chi connectivity index (χ4v) is 3.97. The van der Waals surface area contributed by atoms with Crippen LogP contribution >= 0.6 is 0 Å². The van der Waals surface area contributed by atoms with Gasteiger partial charge in [-0.2, -0.15) is 5.26 Å². The third-order valence-corrected chi connectivity index (χ3v) is 5.49. The van der Waals surface area contributed by atoms with E-state index in [1.54, 1.807) is 23.1 Å². The zero-order valence-electron chi connectivity index (χ0n) is 14.4. The number of carbonyl (C=O) groups excluding carboxylic acids is 1. The van der Waals surface area contributed by atoms with Crippen molar-refractivity contribution in [2.45, 2.75) is 12.8 Å². The van der Waals surface area contributed by atoms with Gasteiger partial charge in [-0.1, -0.05) is 24.3 Å². The molecule has 0 bridgehead atoms. The third kappa shape index (κ3) is 3.70. The van der Waals surface area contributed by atoms with Gasteiger partial charge in [-0.3, -0.25) is 9.10 Å². The Bertz CT molecular complexity index is 980. The number of para-hydroxylation sites is 1. The number of fused-ring (bicyclic) bond motifs is 1. The minimum atomic E-state index is -3.68. The van der Waals surface area contributed by atoms with Crippen LogP contribution in [0.15, 0.2) is 48.5 Å². The van der Waals surface area contributed by atoms with Crippen molar-refractivity contribution in [3.8, 4) is 6.07 Å². The van der Waals surface area contributed by atoms with E-state index in [9.17, 15) is 13.2 Å². The summed E-state index contributed by atoms with van der Waals surface area (Å²) >= 11 is 0. The average Bonchev–Trinajstić information content (AvgIpc) is 2.64. The summed E-state index contributed by atoms with van der Waals surface area (Å²) in [6.07, 6.45) is 2.80. The molecule has 0 aromatic heterocycles. The van der Waals surface area contributed by atoms with E-state index < -0.39 is 10.0 Å². The molecule has 6 nitrogen and oxygen atoms in total. The number of anilines is 2. The first-order valence-corrected chi connectivity index (χ1v) is 10.1. The Labute approximate surface area is 153 Å². The lowest BCUT2D eigenvalue weighted by Gasteiger charge is -2.31. The van der Waals surface area contributed by atoms with Gasteiger partial charge in [0, 0.05) is 12.2 Å². The Balaban J connectivity index is 1.91. The van der Waals surface area contributed by atoms with Crippen LogP contribution in [0.25, 0.3) is 0 Å². The minimum Gasteiger partial charge on any atom is -0.311 e. The highest BCUT2D eigenvalue weighted by Crippen LogP contribution is 2.27. The Morgan fingerprint density at radius 3 is 2.73 bits per heavy atom.